The molecule has 0 amide bonds. The second kappa shape index (κ2) is 5.74. The van der Waals surface area contributed by atoms with Crippen LogP contribution in [0.15, 0.2) is 12.1 Å². The summed E-state index contributed by atoms with van der Waals surface area (Å²) in [5.41, 5.74) is -0.859. The lowest BCUT2D eigenvalue weighted by molar-refractivity contribution is -0.0162. The molecule has 5 heteroatoms. The van der Waals surface area contributed by atoms with Crippen molar-refractivity contribution in [1.29, 1.82) is 0 Å². The maximum absolute atomic E-state index is 13.9. The van der Waals surface area contributed by atoms with E-state index in [4.69, 9.17) is 0 Å². The smallest absolute Gasteiger partial charge is 0.194 e. The minimum Gasteiger partial charge on any atom is -0.386 e. The van der Waals surface area contributed by atoms with Crippen molar-refractivity contribution in [3.63, 3.8) is 0 Å². The molecule has 0 spiro atoms. The summed E-state index contributed by atoms with van der Waals surface area (Å²) in [7, 11) is 0. The predicted molar refractivity (Wildman–Crippen MR) is 70.8 cm³/mol. The molecule has 1 saturated heterocycles. The van der Waals surface area contributed by atoms with Gasteiger partial charge in [0, 0.05) is 11.1 Å². The number of benzene rings is 1. The van der Waals surface area contributed by atoms with E-state index in [1.807, 2.05) is 13.8 Å². The Morgan fingerprint density at radius 2 is 1.80 bits per heavy atom. The van der Waals surface area contributed by atoms with Crippen LogP contribution in [0.4, 0.5) is 13.2 Å². The number of hydrogen-bond donors (Lipinski definition) is 1. The maximum Gasteiger partial charge on any atom is 0.194 e. The van der Waals surface area contributed by atoms with Crippen molar-refractivity contribution < 1.29 is 18.3 Å². The van der Waals surface area contributed by atoms with Gasteiger partial charge in [-0.15, -0.1) is 0 Å². The fourth-order valence-corrected chi connectivity index (χ4v) is 2.90. The molecular weight excluding hydrogens is 267 g/mol. The van der Waals surface area contributed by atoms with Gasteiger partial charge in [0.05, 0.1) is 6.10 Å². The molecule has 2 unspecified atom stereocenters. The van der Waals surface area contributed by atoms with Crippen LogP contribution in [-0.2, 0) is 0 Å². The number of aliphatic hydroxyl groups excluding tert-OH is 1. The van der Waals surface area contributed by atoms with Crippen LogP contribution in [0.2, 0.25) is 0 Å². The number of halogens is 3. The van der Waals surface area contributed by atoms with Gasteiger partial charge >= 0.3 is 0 Å². The standard InChI is InChI=1S/C15H20F3NO/c1-3-15(2,19-8-4-5-9-19)14(20)10-6-7-11(16)13(18)12(10)17/h6-7,14,20H,3-5,8-9H2,1-2H3. The average molecular weight is 287 g/mol. The molecule has 1 aliphatic heterocycles. The van der Waals surface area contributed by atoms with E-state index in [2.05, 4.69) is 4.90 Å². The SMILES string of the molecule is CCC(C)(C(O)c1ccc(F)c(F)c1F)N1CCCC1. The summed E-state index contributed by atoms with van der Waals surface area (Å²) < 4.78 is 40.2. The van der Waals surface area contributed by atoms with Crippen LogP contribution in [0.25, 0.3) is 0 Å². The molecule has 1 aromatic carbocycles. The number of nitrogens with zero attached hydrogens (tertiary/aromatic N) is 1. The van der Waals surface area contributed by atoms with Gasteiger partial charge in [-0.1, -0.05) is 13.0 Å². The fraction of sp³-hybridized carbons (Fsp3) is 0.600. The normalized spacial score (nSPS) is 20.9. The second-order valence-corrected chi connectivity index (χ2v) is 5.57. The van der Waals surface area contributed by atoms with E-state index in [1.165, 1.54) is 0 Å². The molecule has 1 fully saturated rings. The summed E-state index contributed by atoms with van der Waals surface area (Å²) in [4.78, 5) is 2.10. The van der Waals surface area contributed by atoms with Crippen molar-refractivity contribution in [2.24, 2.45) is 0 Å². The van der Waals surface area contributed by atoms with Gasteiger partial charge < -0.3 is 5.11 Å². The first-order valence-corrected chi connectivity index (χ1v) is 6.98. The highest BCUT2D eigenvalue weighted by molar-refractivity contribution is 5.25. The lowest BCUT2D eigenvalue weighted by Gasteiger charge is -2.42. The largest absolute Gasteiger partial charge is 0.386 e. The van der Waals surface area contributed by atoms with E-state index in [0.717, 1.165) is 38.1 Å². The molecule has 0 saturated carbocycles. The third-order valence-electron chi connectivity index (χ3n) is 4.49. The Balaban J connectivity index is 2.38. The summed E-state index contributed by atoms with van der Waals surface area (Å²) in [6, 6.07) is 1.99. The molecule has 0 aliphatic carbocycles. The number of rotatable bonds is 4. The van der Waals surface area contributed by atoms with E-state index in [9.17, 15) is 18.3 Å². The van der Waals surface area contributed by atoms with Crippen molar-refractivity contribution in [2.45, 2.75) is 44.8 Å². The Morgan fingerprint density at radius 1 is 1.20 bits per heavy atom. The molecule has 2 nitrogen and oxygen atoms in total. The first-order valence-electron chi connectivity index (χ1n) is 6.98. The highest BCUT2D eigenvalue weighted by Crippen LogP contribution is 2.37. The van der Waals surface area contributed by atoms with Crippen molar-refractivity contribution >= 4 is 0 Å². The highest BCUT2D eigenvalue weighted by atomic mass is 19.2. The van der Waals surface area contributed by atoms with E-state index in [-0.39, 0.29) is 5.56 Å². The summed E-state index contributed by atoms with van der Waals surface area (Å²) in [6.45, 7) is 5.39. The van der Waals surface area contributed by atoms with Gasteiger partial charge in [0.15, 0.2) is 17.5 Å². The Kier molecular flexibility index (Phi) is 4.39. The van der Waals surface area contributed by atoms with Gasteiger partial charge in [-0.05, 0) is 45.3 Å². The van der Waals surface area contributed by atoms with Gasteiger partial charge in [0.25, 0.3) is 0 Å². The monoisotopic (exact) mass is 287 g/mol. The summed E-state index contributed by atoms with van der Waals surface area (Å²) in [5, 5.41) is 10.5. The zero-order chi connectivity index (χ0) is 14.9. The van der Waals surface area contributed by atoms with Gasteiger partial charge in [-0.3, -0.25) is 4.90 Å². The second-order valence-electron chi connectivity index (χ2n) is 5.57. The van der Waals surface area contributed by atoms with Crippen molar-refractivity contribution in [3.05, 3.63) is 35.1 Å². The maximum atomic E-state index is 13.9. The Morgan fingerprint density at radius 3 is 2.35 bits per heavy atom. The van der Waals surface area contributed by atoms with Gasteiger partial charge in [-0.25, -0.2) is 13.2 Å². The zero-order valence-electron chi connectivity index (χ0n) is 11.8. The summed E-state index contributed by atoms with van der Waals surface area (Å²) in [5.74, 6) is -4.06. The average Bonchev–Trinajstić information content (AvgIpc) is 2.98. The van der Waals surface area contributed by atoms with Crippen LogP contribution in [-0.4, -0.2) is 28.6 Å². The Bertz CT molecular complexity index is 488. The molecule has 1 N–H and O–H groups in total. The number of hydrogen-bond acceptors (Lipinski definition) is 2. The summed E-state index contributed by atoms with van der Waals surface area (Å²) >= 11 is 0. The van der Waals surface area contributed by atoms with Crippen LogP contribution in [0.3, 0.4) is 0 Å². The lowest BCUT2D eigenvalue weighted by Crippen LogP contribution is -2.49. The first-order chi connectivity index (χ1) is 9.41. The molecule has 20 heavy (non-hydrogen) atoms. The minimum atomic E-state index is -1.53. The quantitative estimate of drug-likeness (QED) is 0.858. The molecule has 1 aliphatic rings. The van der Waals surface area contributed by atoms with Crippen molar-refractivity contribution in [1.82, 2.24) is 4.90 Å². The van der Waals surface area contributed by atoms with Gasteiger partial charge in [-0.2, -0.15) is 0 Å². The number of aliphatic hydroxyl groups is 1. The van der Waals surface area contributed by atoms with E-state index >= 15 is 0 Å². The first kappa shape index (κ1) is 15.3. The molecule has 112 valence electrons. The molecule has 2 rings (SSSR count). The fourth-order valence-electron chi connectivity index (χ4n) is 2.90. The molecule has 1 heterocycles. The minimum absolute atomic E-state index is 0.180. The number of likely N-dealkylation sites (tertiary alicyclic amines) is 1. The van der Waals surface area contributed by atoms with Crippen LogP contribution in [0.5, 0.6) is 0 Å². The van der Waals surface area contributed by atoms with Crippen molar-refractivity contribution in [2.75, 3.05) is 13.1 Å². The van der Waals surface area contributed by atoms with E-state index in [1.54, 1.807) is 0 Å². The Labute approximate surface area is 117 Å². The topological polar surface area (TPSA) is 23.5 Å². The zero-order valence-corrected chi connectivity index (χ0v) is 11.8. The van der Waals surface area contributed by atoms with Crippen LogP contribution in [0.1, 0.15) is 44.8 Å². The third kappa shape index (κ3) is 2.44. The van der Waals surface area contributed by atoms with Crippen molar-refractivity contribution in [3.8, 4) is 0 Å². The molecule has 2 atom stereocenters. The molecule has 0 aromatic heterocycles. The molecular formula is C15H20F3NO. The van der Waals surface area contributed by atoms with Crippen LogP contribution < -0.4 is 0 Å². The van der Waals surface area contributed by atoms with Crippen LogP contribution >= 0.6 is 0 Å². The molecule has 1 aromatic rings. The van der Waals surface area contributed by atoms with Crippen LogP contribution in [0, 0.1) is 17.5 Å². The molecule has 0 bridgehead atoms. The Hall–Kier alpha value is -1.07. The van der Waals surface area contributed by atoms with Gasteiger partial charge in [0.2, 0.25) is 0 Å². The van der Waals surface area contributed by atoms with Gasteiger partial charge in [0.1, 0.15) is 0 Å². The third-order valence-corrected chi connectivity index (χ3v) is 4.49. The van der Waals surface area contributed by atoms with E-state index < -0.39 is 29.1 Å². The predicted octanol–water partition coefficient (Wildman–Crippen LogP) is 3.40. The summed E-state index contributed by atoms with van der Waals surface area (Å²) in [6.07, 6.45) is 1.46. The lowest BCUT2D eigenvalue weighted by atomic mass is 9.85. The molecule has 0 radical (unpaired) electrons. The van der Waals surface area contributed by atoms with E-state index in [0.29, 0.717) is 6.42 Å². The highest BCUT2D eigenvalue weighted by Gasteiger charge is 2.40.